The van der Waals surface area contributed by atoms with Gasteiger partial charge in [0.15, 0.2) is 11.6 Å². The van der Waals surface area contributed by atoms with Crippen LogP contribution in [0.3, 0.4) is 0 Å². The number of piperidine rings is 2. The van der Waals surface area contributed by atoms with Gasteiger partial charge in [-0.15, -0.1) is 0 Å². The highest BCUT2D eigenvalue weighted by molar-refractivity contribution is 5.85. The molecule has 1 aromatic carbocycles. The number of nitrogens with two attached hydrogens (primary N) is 2. The molecule has 0 atom stereocenters. The second-order valence-electron chi connectivity index (χ2n) is 12.4. The van der Waals surface area contributed by atoms with Gasteiger partial charge in [-0.2, -0.15) is 9.97 Å². The van der Waals surface area contributed by atoms with Crippen LogP contribution >= 0.6 is 0 Å². The Morgan fingerprint density at radius 1 is 1.00 bits per heavy atom. The van der Waals surface area contributed by atoms with E-state index in [1.54, 1.807) is 7.05 Å². The third kappa shape index (κ3) is 9.75. The average Bonchev–Trinajstić information content (AvgIpc) is 3.05. The van der Waals surface area contributed by atoms with E-state index in [-0.39, 0.29) is 11.8 Å². The molecule has 1 spiro atoms. The van der Waals surface area contributed by atoms with Gasteiger partial charge >= 0.3 is 6.01 Å². The van der Waals surface area contributed by atoms with Crippen LogP contribution in [0.1, 0.15) is 82.3 Å². The molecule has 0 bridgehead atoms. The summed E-state index contributed by atoms with van der Waals surface area (Å²) in [4.78, 5) is 44.3. The number of anilines is 3. The Morgan fingerprint density at radius 3 is 2.33 bits per heavy atom. The second-order valence-corrected chi connectivity index (χ2v) is 12.4. The normalized spacial score (nSPS) is 16.5. The number of likely N-dealkylation sites (tertiary alicyclic amines) is 2. The number of nitrogens with zero attached hydrogens (tertiary/aromatic N) is 5. The van der Waals surface area contributed by atoms with Gasteiger partial charge in [0.25, 0.3) is 0 Å². The molecule has 45 heavy (non-hydrogen) atoms. The summed E-state index contributed by atoms with van der Waals surface area (Å²) in [6.07, 6.45) is 10.6. The average molecular weight is 625 g/mol. The van der Waals surface area contributed by atoms with E-state index < -0.39 is 0 Å². The van der Waals surface area contributed by atoms with E-state index in [4.69, 9.17) is 16.4 Å². The number of hydrogen-bond donors (Lipinski definition) is 3. The monoisotopic (exact) mass is 624 g/mol. The van der Waals surface area contributed by atoms with Crippen molar-refractivity contribution in [1.29, 1.82) is 0 Å². The number of nitrogens with one attached hydrogen (secondary N) is 1. The number of nitrogen functional groups attached to an aromatic ring is 1. The Morgan fingerprint density at radius 2 is 1.69 bits per heavy atom. The maximum Gasteiger partial charge on any atom is 0.320 e. The summed E-state index contributed by atoms with van der Waals surface area (Å²) in [5.74, 6) is 5.99. The van der Waals surface area contributed by atoms with Crippen LogP contribution in [0.2, 0.25) is 0 Å². The zero-order valence-electron chi connectivity index (χ0n) is 27.1. The predicted molar refractivity (Wildman–Crippen MR) is 176 cm³/mol. The summed E-state index contributed by atoms with van der Waals surface area (Å²) in [5.41, 5.74) is 9.26. The zero-order valence-corrected chi connectivity index (χ0v) is 27.1. The molecule has 4 rings (SSSR count). The van der Waals surface area contributed by atoms with Gasteiger partial charge in [0.05, 0.1) is 19.8 Å². The molecular formula is C33H52N8O4. The number of unbranched alkanes of at least 4 members (excludes halogenated alkanes) is 3. The van der Waals surface area contributed by atoms with Gasteiger partial charge in [-0.25, -0.2) is 5.90 Å². The summed E-state index contributed by atoms with van der Waals surface area (Å²) < 4.78 is 5.67. The van der Waals surface area contributed by atoms with E-state index in [2.05, 4.69) is 61.1 Å². The maximum absolute atomic E-state index is 12.7. The van der Waals surface area contributed by atoms with Crippen molar-refractivity contribution in [2.75, 3.05) is 62.4 Å². The Kier molecular flexibility index (Phi) is 13.2. The number of carbonyl (C=O) groups is 2. The van der Waals surface area contributed by atoms with Crippen molar-refractivity contribution < 1.29 is 19.2 Å². The number of amides is 2. The Labute approximate surface area is 267 Å². The smallest absolute Gasteiger partial charge is 0.320 e. The Balaban J connectivity index is 1.25. The largest absolute Gasteiger partial charge is 0.463 e. The molecule has 2 amide bonds. The lowest BCUT2D eigenvalue weighted by atomic mass is 9.71. The summed E-state index contributed by atoms with van der Waals surface area (Å²) in [6, 6.07) is 8.59. The van der Waals surface area contributed by atoms with Crippen LogP contribution in [0.5, 0.6) is 6.01 Å². The maximum atomic E-state index is 12.7. The van der Waals surface area contributed by atoms with Crippen molar-refractivity contribution in [2.24, 2.45) is 11.3 Å². The van der Waals surface area contributed by atoms with E-state index >= 15 is 0 Å². The van der Waals surface area contributed by atoms with Crippen LogP contribution in [0.25, 0.3) is 0 Å². The molecule has 0 aliphatic carbocycles. The summed E-state index contributed by atoms with van der Waals surface area (Å²) in [7, 11) is 1.73. The first kappa shape index (κ1) is 34.4. The standard InChI is InChI=1S/C33H52N8O4/c1-3-4-21-44-32-37-30(34)29(36-2)31(38-32)41(25-42)24-27-11-9-26(10-12-27)23-39-17-13-33(14-18-39)15-19-40(20-16-33)28(43)8-6-5-7-22-45-35/h9-12,25,36H,3-8,13-24,35H2,1-2H3,(H2,34,37,38). The molecule has 248 valence electrons. The van der Waals surface area contributed by atoms with Gasteiger partial charge in [-0.3, -0.25) is 19.4 Å². The highest BCUT2D eigenvalue weighted by atomic mass is 16.6. The van der Waals surface area contributed by atoms with Crippen molar-refractivity contribution in [1.82, 2.24) is 19.8 Å². The van der Waals surface area contributed by atoms with Crippen LogP contribution in [0, 0.1) is 5.41 Å². The summed E-state index contributed by atoms with van der Waals surface area (Å²) in [6.45, 7) is 8.28. The van der Waals surface area contributed by atoms with E-state index in [1.807, 2.05) is 0 Å². The van der Waals surface area contributed by atoms with Gasteiger partial charge in [-0.05, 0) is 74.6 Å². The number of ether oxygens (including phenoxy) is 1. The number of carbonyl (C=O) groups excluding carboxylic acids is 2. The molecule has 2 aliphatic heterocycles. The minimum absolute atomic E-state index is 0.167. The van der Waals surface area contributed by atoms with E-state index in [0.717, 1.165) is 89.6 Å². The highest BCUT2D eigenvalue weighted by Crippen LogP contribution is 2.41. The minimum atomic E-state index is 0.167. The predicted octanol–water partition coefficient (Wildman–Crippen LogP) is 4.10. The lowest BCUT2D eigenvalue weighted by molar-refractivity contribution is -0.134. The lowest BCUT2D eigenvalue weighted by Crippen LogP contribution is -2.48. The van der Waals surface area contributed by atoms with Crippen molar-refractivity contribution in [3.8, 4) is 6.01 Å². The lowest BCUT2D eigenvalue weighted by Gasteiger charge is -2.47. The fourth-order valence-corrected chi connectivity index (χ4v) is 6.34. The summed E-state index contributed by atoms with van der Waals surface area (Å²) in [5, 5.41) is 3.02. The van der Waals surface area contributed by atoms with Crippen LogP contribution < -0.4 is 26.6 Å². The number of hydrogen-bond acceptors (Lipinski definition) is 10. The van der Waals surface area contributed by atoms with Gasteiger partial charge < -0.3 is 25.5 Å². The van der Waals surface area contributed by atoms with Gasteiger partial charge in [0.2, 0.25) is 12.3 Å². The molecule has 12 nitrogen and oxygen atoms in total. The van der Waals surface area contributed by atoms with E-state index in [1.165, 1.54) is 23.3 Å². The van der Waals surface area contributed by atoms with Gasteiger partial charge in [-0.1, -0.05) is 44.0 Å². The third-order valence-corrected chi connectivity index (χ3v) is 9.30. The molecule has 12 heteroatoms. The first-order valence-electron chi connectivity index (χ1n) is 16.5. The first-order valence-corrected chi connectivity index (χ1v) is 16.5. The van der Waals surface area contributed by atoms with Gasteiger partial charge in [0.1, 0.15) is 5.69 Å². The molecule has 2 aromatic rings. The molecule has 5 N–H and O–H groups in total. The van der Waals surface area contributed by atoms with Crippen molar-refractivity contribution in [2.45, 2.75) is 84.2 Å². The molecule has 0 saturated carbocycles. The Bertz CT molecular complexity index is 1210. The number of benzene rings is 1. The van der Waals surface area contributed by atoms with Crippen LogP contribution in [-0.4, -0.2) is 78.5 Å². The fourth-order valence-electron chi connectivity index (χ4n) is 6.34. The topological polar surface area (TPSA) is 152 Å². The molecule has 0 unspecified atom stereocenters. The fraction of sp³-hybridized carbons (Fsp3) is 0.636. The third-order valence-electron chi connectivity index (χ3n) is 9.30. The van der Waals surface area contributed by atoms with Crippen molar-refractivity contribution in [3.05, 3.63) is 35.4 Å². The minimum Gasteiger partial charge on any atom is -0.463 e. The summed E-state index contributed by atoms with van der Waals surface area (Å²) >= 11 is 0. The van der Waals surface area contributed by atoms with E-state index in [9.17, 15) is 9.59 Å². The van der Waals surface area contributed by atoms with Gasteiger partial charge in [0, 0.05) is 33.1 Å². The number of aromatic nitrogens is 2. The van der Waals surface area contributed by atoms with Crippen LogP contribution in [-0.2, 0) is 27.5 Å². The molecule has 2 saturated heterocycles. The van der Waals surface area contributed by atoms with E-state index in [0.29, 0.717) is 49.0 Å². The first-order chi connectivity index (χ1) is 21.9. The molecular weight excluding hydrogens is 572 g/mol. The molecule has 1 aromatic heterocycles. The van der Waals surface area contributed by atoms with Crippen molar-refractivity contribution in [3.63, 3.8) is 0 Å². The van der Waals surface area contributed by atoms with Crippen molar-refractivity contribution >= 4 is 29.6 Å². The van der Waals surface area contributed by atoms with Crippen LogP contribution in [0.4, 0.5) is 17.3 Å². The number of rotatable bonds is 17. The molecule has 2 aliphatic rings. The Hall–Kier alpha value is -3.48. The van der Waals surface area contributed by atoms with Crippen LogP contribution in [0.15, 0.2) is 24.3 Å². The quantitative estimate of drug-likeness (QED) is 0.133. The molecule has 3 heterocycles. The second kappa shape index (κ2) is 17.3. The molecule has 2 fully saturated rings. The SMILES string of the molecule is CCCCOc1nc(N)c(NC)c(N(C=O)Cc2ccc(CN3CCC4(CC3)CCN(C(=O)CCCCCON)CC4)cc2)n1. The highest BCUT2D eigenvalue weighted by Gasteiger charge is 2.38. The zero-order chi connectivity index (χ0) is 32.1. The molecule has 0 radical (unpaired) electrons.